The van der Waals surface area contributed by atoms with E-state index in [1.807, 2.05) is 38.2 Å². The van der Waals surface area contributed by atoms with E-state index in [0.29, 0.717) is 35.0 Å². The van der Waals surface area contributed by atoms with Crippen LogP contribution in [0.15, 0.2) is 47.5 Å². The Bertz CT molecular complexity index is 1460. The summed E-state index contributed by atoms with van der Waals surface area (Å²) >= 11 is 0. The number of aryl methyl sites for hydroxylation is 1. The van der Waals surface area contributed by atoms with E-state index >= 15 is 0 Å². The van der Waals surface area contributed by atoms with Gasteiger partial charge in [-0.25, -0.2) is 4.99 Å². The van der Waals surface area contributed by atoms with Gasteiger partial charge in [-0.05, 0) is 43.0 Å². The van der Waals surface area contributed by atoms with E-state index in [1.54, 1.807) is 31.0 Å². The zero-order chi connectivity index (χ0) is 28.4. The maximum atomic E-state index is 13.8. The van der Waals surface area contributed by atoms with Crippen LogP contribution >= 0.6 is 0 Å². The van der Waals surface area contributed by atoms with Crippen molar-refractivity contribution < 1.29 is 23.9 Å². The number of carbonyl (C=O) groups is 1. The number of ether oxygens (including phenoxy) is 3. The second-order valence-electron chi connectivity index (χ2n) is 10.4. The first kappa shape index (κ1) is 27.4. The van der Waals surface area contributed by atoms with E-state index in [4.69, 9.17) is 24.3 Å². The van der Waals surface area contributed by atoms with Crippen LogP contribution in [0.25, 0.3) is 0 Å². The lowest BCUT2D eigenvalue weighted by atomic mass is 9.75. The fourth-order valence-electron chi connectivity index (χ4n) is 6.02. The van der Waals surface area contributed by atoms with E-state index in [1.165, 1.54) is 6.07 Å². The highest BCUT2D eigenvalue weighted by Crippen LogP contribution is 2.49. The summed E-state index contributed by atoms with van der Waals surface area (Å²) in [5.74, 6) is 0.565. The number of hydrogen-bond donors (Lipinski definition) is 0. The molecule has 1 aliphatic carbocycles. The number of non-ortho nitro benzene ring substituents is 1. The largest absolute Gasteiger partial charge is 0.493 e. The third-order valence-electron chi connectivity index (χ3n) is 7.98. The zero-order valence-corrected chi connectivity index (χ0v) is 23.3. The Morgan fingerprint density at radius 1 is 1.10 bits per heavy atom. The maximum Gasteiger partial charge on any atom is 0.315 e. The average Bonchev–Trinajstić information content (AvgIpc) is 3.60. The highest BCUT2D eigenvalue weighted by molar-refractivity contribution is 6.05. The first-order chi connectivity index (χ1) is 19.3. The molecule has 0 saturated heterocycles. The average molecular weight is 547 g/mol. The molecule has 2 unspecified atom stereocenters. The Kier molecular flexibility index (Phi) is 7.86. The number of nitrogens with zero attached hydrogens (tertiary/aromatic N) is 4. The van der Waals surface area contributed by atoms with Crippen molar-refractivity contribution in [3.05, 3.63) is 75.0 Å². The van der Waals surface area contributed by atoms with Crippen molar-refractivity contribution in [2.75, 3.05) is 20.8 Å². The minimum absolute atomic E-state index is 0.0221. The minimum Gasteiger partial charge on any atom is -0.493 e. The van der Waals surface area contributed by atoms with Gasteiger partial charge in [0.05, 0.1) is 31.4 Å². The SMILES string of the molecule is COc1ccc(CCOC(=O)C2C(C)=Nc3c(c(C4CCCC4)nn3C)C2c2cccc([N+](=O)[O-])c2)cc1OC. The lowest BCUT2D eigenvalue weighted by Crippen LogP contribution is -2.34. The van der Waals surface area contributed by atoms with E-state index < -0.39 is 22.7 Å². The topological polar surface area (TPSA) is 118 Å². The van der Waals surface area contributed by atoms with Crippen molar-refractivity contribution in [2.24, 2.45) is 18.0 Å². The van der Waals surface area contributed by atoms with Crippen LogP contribution in [0.5, 0.6) is 11.5 Å². The number of rotatable bonds is 9. The second-order valence-corrected chi connectivity index (χ2v) is 10.4. The number of nitro benzene ring substituents is 1. The van der Waals surface area contributed by atoms with Gasteiger partial charge in [0.15, 0.2) is 17.3 Å². The molecule has 10 heteroatoms. The summed E-state index contributed by atoms with van der Waals surface area (Å²) in [7, 11) is 5.02. The Morgan fingerprint density at radius 3 is 2.55 bits per heavy atom. The number of carbonyl (C=O) groups excluding carboxylic acids is 1. The molecule has 0 spiro atoms. The van der Waals surface area contributed by atoms with Gasteiger partial charge in [0, 0.05) is 48.7 Å². The van der Waals surface area contributed by atoms with Gasteiger partial charge in [-0.1, -0.05) is 31.0 Å². The molecule has 10 nitrogen and oxygen atoms in total. The summed E-state index contributed by atoms with van der Waals surface area (Å²) in [6.07, 6.45) is 4.78. The fourth-order valence-corrected chi connectivity index (χ4v) is 6.02. The molecule has 2 atom stereocenters. The van der Waals surface area contributed by atoms with Crippen molar-refractivity contribution in [1.29, 1.82) is 0 Å². The number of fused-ring (bicyclic) bond motifs is 1. The highest BCUT2D eigenvalue weighted by atomic mass is 16.6. The predicted molar refractivity (Wildman–Crippen MR) is 150 cm³/mol. The molecule has 0 radical (unpaired) electrons. The van der Waals surface area contributed by atoms with Crippen LogP contribution in [-0.4, -0.2) is 47.2 Å². The molecular weight excluding hydrogens is 512 g/mol. The Balaban J connectivity index is 1.48. The van der Waals surface area contributed by atoms with Crippen molar-refractivity contribution in [1.82, 2.24) is 9.78 Å². The van der Waals surface area contributed by atoms with Gasteiger partial charge in [0.1, 0.15) is 5.92 Å². The molecule has 1 fully saturated rings. The summed E-state index contributed by atoms with van der Waals surface area (Å²) < 4.78 is 18.3. The van der Waals surface area contributed by atoms with E-state index in [2.05, 4.69) is 0 Å². The normalized spacial score (nSPS) is 18.6. The number of nitro groups is 1. The smallest absolute Gasteiger partial charge is 0.315 e. The summed E-state index contributed by atoms with van der Waals surface area (Å²) in [5.41, 5.74) is 4.01. The third kappa shape index (κ3) is 5.17. The van der Waals surface area contributed by atoms with Gasteiger partial charge in [0.25, 0.3) is 5.69 Å². The number of methoxy groups -OCH3 is 2. The molecule has 210 valence electrons. The molecular formula is C30H34N4O6. The van der Waals surface area contributed by atoms with E-state index in [0.717, 1.165) is 42.5 Å². The Morgan fingerprint density at radius 2 is 1.85 bits per heavy atom. The number of hydrogen-bond acceptors (Lipinski definition) is 8. The standard InChI is InChI=1S/C30H34N4O6/c1-18-25(30(35)40-15-14-19-12-13-23(38-3)24(16-19)39-4)26(21-10-7-11-22(17-21)34(36)37)27-28(20-8-5-6-9-20)32-33(2)29(27)31-18/h7,10-13,16-17,20,25-26H,5-6,8-9,14-15H2,1-4H3. The van der Waals surface area contributed by atoms with Gasteiger partial charge in [-0.15, -0.1) is 0 Å². The van der Waals surface area contributed by atoms with E-state index in [-0.39, 0.29) is 18.2 Å². The van der Waals surface area contributed by atoms with Crippen molar-refractivity contribution >= 4 is 23.2 Å². The first-order valence-corrected chi connectivity index (χ1v) is 13.6. The number of esters is 1. The molecule has 0 amide bonds. The Hall–Kier alpha value is -4.21. The molecule has 0 bridgehead atoms. The fraction of sp³-hybridized carbons (Fsp3) is 0.433. The van der Waals surface area contributed by atoms with Crippen molar-refractivity contribution in [3.63, 3.8) is 0 Å². The lowest BCUT2D eigenvalue weighted by Gasteiger charge is -2.30. The molecule has 2 aromatic carbocycles. The van der Waals surface area contributed by atoms with Gasteiger partial charge in [0.2, 0.25) is 0 Å². The van der Waals surface area contributed by atoms with Gasteiger partial charge < -0.3 is 14.2 Å². The summed E-state index contributed by atoms with van der Waals surface area (Å²) in [6.45, 7) is 1.98. The van der Waals surface area contributed by atoms with Gasteiger partial charge in [-0.3, -0.25) is 19.6 Å². The molecule has 1 aliphatic heterocycles. The number of aliphatic imine (C=N–C) groups is 1. The van der Waals surface area contributed by atoms with Crippen molar-refractivity contribution in [3.8, 4) is 11.5 Å². The quantitative estimate of drug-likeness (QED) is 0.193. The first-order valence-electron chi connectivity index (χ1n) is 13.6. The van der Waals surface area contributed by atoms with Crippen LogP contribution in [0.3, 0.4) is 0 Å². The molecule has 3 aromatic rings. The summed E-state index contributed by atoms with van der Waals surface area (Å²) in [6, 6.07) is 12.1. The Labute approximate surface area is 233 Å². The third-order valence-corrected chi connectivity index (χ3v) is 7.98. The molecule has 5 rings (SSSR count). The van der Waals surface area contributed by atoms with E-state index in [9.17, 15) is 14.9 Å². The summed E-state index contributed by atoms with van der Waals surface area (Å²) in [4.78, 5) is 29.8. The molecule has 2 heterocycles. The number of aromatic nitrogens is 2. The van der Waals surface area contributed by atoms with Crippen molar-refractivity contribution in [2.45, 2.75) is 50.9 Å². The highest BCUT2D eigenvalue weighted by Gasteiger charge is 2.43. The van der Waals surface area contributed by atoms with Crippen LogP contribution in [0.1, 0.15) is 66.8 Å². The minimum atomic E-state index is -0.732. The zero-order valence-electron chi connectivity index (χ0n) is 23.3. The second kappa shape index (κ2) is 11.5. The monoisotopic (exact) mass is 546 g/mol. The van der Waals surface area contributed by atoms with Crippen LogP contribution in [0.4, 0.5) is 11.5 Å². The van der Waals surface area contributed by atoms with Crippen LogP contribution < -0.4 is 9.47 Å². The summed E-state index contributed by atoms with van der Waals surface area (Å²) in [5, 5.41) is 16.5. The lowest BCUT2D eigenvalue weighted by molar-refractivity contribution is -0.384. The van der Waals surface area contributed by atoms with Crippen LogP contribution in [-0.2, 0) is 23.0 Å². The molecule has 2 aliphatic rings. The molecule has 40 heavy (non-hydrogen) atoms. The van der Waals surface area contributed by atoms with Gasteiger partial charge in [-0.2, -0.15) is 5.10 Å². The van der Waals surface area contributed by atoms with Gasteiger partial charge >= 0.3 is 5.97 Å². The molecule has 0 N–H and O–H groups in total. The molecule has 1 saturated carbocycles. The number of benzene rings is 2. The molecule has 1 aromatic heterocycles. The van der Waals surface area contributed by atoms with Crippen LogP contribution in [0, 0.1) is 16.0 Å². The van der Waals surface area contributed by atoms with Crippen LogP contribution in [0.2, 0.25) is 0 Å². The maximum absolute atomic E-state index is 13.8. The predicted octanol–water partition coefficient (Wildman–Crippen LogP) is 5.64.